The van der Waals surface area contributed by atoms with Gasteiger partial charge in [-0.3, -0.25) is 14.9 Å². The zero-order valence-corrected chi connectivity index (χ0v) is 19.6. The van der Waals surface area contributed by atoms with Gasteiger partial charge in [-0.15, -0.1) is 0 Å². The van der Waals surface area contributed by atoms with Gasteiger partial charge in [-0.05, 0) is 31.5 Å². The molecule has 1 amide bonds. The molecule has 3 N–H and O–H groups in total. The van der Waals surface area contributed by atoms with Crippen LogP contribution in [0.3, 0.4) is 0 Å². The highest BCUT2D eigenvalue weighted by molar-refractivity contribution is 5.95. The first-order valence-corrected chi connectivity index (χ1v) is 11.5. The van der Waals surface area contributed by atoms with E-state index in [9.17, 15) is 4.79 Å². The first-order valence-electron chi connectivity index (χ1n) is 11.5. The monoisotopic (exact) mass is 478 g/mol. The number of H-pyrrole nitrogens is 2. The molecule has 6 aromatic rings. The fourth-order valence-electron chi connectivity index (χ4n) is 4.13. The average Bonchev–Trinajstić information content (AvgIpc) is 3.61. The first-order chi connectivity index (χ1) is 17.6. The molecular weight excluding hydrogens is 456 g/mol. The highest BCUT2D eigenvalue weighted by Gasteiger charge is 2.17. The van der Waals surface area contributed by atoms with E-state index in [0.717, 1.165) is 34.3 Å². The SMILES string of the molecule is CCCC(=O)Nc1cncc(-c2cnc3[nH]nc(-c4nc5c(-n6cnc(C)c6)ccnc5[nH]4)c3c2)c1. The molecule has 36 heavy (non-hydrogen) atoms. The summed E-state index contributed by atoms with van der Waals surface area (Å²) in [7, 11) is 0. The van der Waals surface area contributed by atoms with Gasteiger partial charge in [0.2, 0.25) is 5.91 Å². The first kappa shape index (κ1) is 21.6. The number of carbonyl (C=O) groups is 1. The van der Waals surface area contributed by atoms with Crippen LogP contribution in [0.15, 0.2) is 55.5 Å². The molecule has 0 unspecified atom stereocenters. The molecule has 11 heteroatoms. The number of fused-ring (bicyclic) bond motifs is 2. The van der Waals surface area contributed by atoms with Crippen molar-refractivity contribution in [2.24, 2.45) is 0 Å². The molecule has 0 aliphatic rings. The molecular formula is C25H22N10O. The quantitative estimate of drug-likeness (QED) is 0.326. The summed E-state index contributed by atoms with van der Waals surface area (Å²) in [6.07, 6.45) is 11.8. The molecule has 0 radical (unpaired) electrons. The zero-order chi connectivity index (χ0) is 24.6. The third kappa shape index (κ3) is 3.86. The van der Waals surface area contributed by atoms with Gasteiger partial charge in [-0.1, -0.05) is 6.92 Å². The fourth-order valence-corrected chi connectivity index (χ4v) is 4.13. The van der Waals surface area contributed by atoms with Gasteiger partial charge in [0.05, 0.1) is 35.0 Å². The molecule has 0 atom stereocenters. The summed E-state index contributed by atoms with van der Waals surface area (Å²) in [4.78, 5) is 37.7. The van der Waals surface area contributed by atoms with Crippen LogP contribution in [0.2, 0.25) is 0 Å². The fraction of sp³-hybridized carbons (Fsp3) is 0.160. The lowest BCUT2D eigenvalue weighted by atomic mass is 10.1. The Morgan fingerprint density at radius 3 is 2.81 bits per heavy atom. The van der Waals surface area contributed by atoms with Crippen molar-refractivity contribution in [3.8, 4) is 28.3 Å². The maximum atomic E-state index is 12.0. The Bertz CT molecular complexity index is 1730. The standard InChI is InChI=1S/C25H22N10O/c1-3-4-20(36)30-17-7-15(9-26-11-17)16-8-18-21(33-34-23(18)28-10-16)25-31-22-19(5-6-27-24(22)32-25)35-12-14(2)29-13-35/h5-13H,3-4H2,1-2H3,(H,30,36)(H,27,31,32)(H,28,33,34). The minimum absolute atomic E-state index is 0.0362. The van der Waals surface area contributed by atoms with Crippen LogP contribution in [0.1, 0.15) is 25.5 Å². The molecule has 0 bridgehead atoms. The minimum Gasteiger partial charge on any atom is -0.325 e. The number of aryl methyl sites for hydroxylation is 1. The number of amides is 1. The van der Waals surface area contributed by atoms with Crippen molar-refractivity contribution < 1.29 is 4.79 Å². The second kappa shape index (κ2) is 8.69. The second-order valence-electron chi connectivity index (χ2n) is 8.49. The summed E-state index contributed by atoms with van der Waals surface area (Å²) < 4.78 is 1.92. The van der Waals surface area contributed by atoms with E-state index in [1.807, 2.05) is 42.8 Å². The Labute approximate surface area is 205 Å². The number of carbonyl (C=O) groups excluding carboxylic acids is 1. The van der Waals surface area contributed by atoms with Crippen LogP contribution in [0.25, 0.3) is 50.5 Å². The van der Waals surface area contributed by atoms with E-state index in [2.05, 4.69) is 40.4 Å². The Balaban J connectivity index is 1.40. The summed E-state index contributed by atoms with van der Waals surface area (Å²) in [6.45, 7) is 3.91. The third-order valence-corrected chi connectivity index (χ3v) is 5.83. The van der Waals surface area contributed by atoms with Crippen LogP contribution in [-0.2, 0) is 4.79 Å². The van der Waals surface area contributed by atoms with Gasteiger partial charge in [0, 0.05) is 42.3 Å². The van der Waals surface area contributed by atoms with Gasteiger partial charge in [0.25, 0.3) is 0 Å². The molecule has 178 valence electrons. The molecule has 0 aliphatic carbocycles. The number of aromatic amines is 2. The Morgan fingerprint density at radius 1 is 1.08 bits per heavy atom. The van der Waals surface area contributed by atoms with Gasteiger partial charge in [0.15, 0.2) is 17.1 Å². The summed E-state index contributed by atoms with van der Waals surface area (Å²) >= 11 is 0. The minimum atomic E-state index is -0.0362. The topological polar surface area (TPSA) is 143 Å². The van der Waals surface area contributed by atoms with Crippen molar-refractivity contribution in [2.75, 3.05) is 5.32 Å². The van der Waals surface area contributed by atoms with Crippen molar-refractivity contribution in [3.05, 3.63) is 61.2 Å². The normalized spacial score (nSPS) is 11.4. The predicted octanol–water partition coefficient (Wildman–Crippen LogP) is 4.19. The predicted molar refractivity (Wildman–Crippen MR) is 135 cm³/mol. The molecule has 6 heterocycles. The van der Waals surface area contributed by atoms with Crippen LogP contribution in [0, 0.1) is 6.92 Å². The number of rotatable bonds is 6. The molecule has 0 fully saturated rings. The number of anilines is 1. The maximum absolute atomic E-state index is 12.0. The number of nitrogens with zero attached hydrogens (tertiary/aromatic N) is 7. The molecule has 11 nitrogen and oxygen atoms in total. The largest absolute Gasteiger partial charge is 0.325 e. The van der Waals surface area contributed by atoms with Crippen LogP contribution in [0.5, 0.6) is 0 Å². The summed E-state index contributed by atoms with van der Waals surface area (Å²) in [6, 6.07) is 5.76. The molecule has 0 saturated heterocycles. The Morgan fingerprint density at radius 2 is 1.97 bits per heavy atom. The molecule has 6 aromatic heterocycles. The van der Waals surface area contributed by atoms with E-state index in [1.165, 1.54) is 0 Å². The number of imidazole rings is 2. The smallest absolute Gasteiger partial charge is 0.224 e. The molecule has 0 spiro atoms. The number of pyridine rings is 3. The lowest BCUT2D eigenvalue weighted by Crippen LogP contribution is -2.10. The van der Waals surface area contributed by atoms with Gasteiger partial charge >= 0.3 is 0 Å². The average molecular weight is 479 g/mol. The van der Waals surface area contributed by atoms with Crippen molar-refractivity contribution in [1.82, 2.24) is 44.7 Å². The van der Waals surface area contributed by atoms with Gasteiger partial charge < -0.3 is 14.9 Å². The summed E-state index contributed by atoms with van der Waals surface area (Å²) in [5.74, 6) is 0.538. The lowest BCUT2D eigenvalue weighted by molar-refractivity contribution is -0.116. The molecule has 0 aliphatic heterocycles. The van der Waals surface area contributed by atoms with Crippen molar-refractivity contribution in [2.45, 2.75) is 26.7 Å². The summed E-state index contributed by atoms with van der Waals surface area (Å²) in [5.41, 5.74) is 6.72. The Kier molecular flexibility index (Phi) is 5.21. The lowest BCUT2D eigenvalue weighted by Gasteiger charge is -2.07. The van der Waals surface area contributed by atoms with Gasteiger partial charge in [0.1, 0.15) is 11.2 Å². The number of hydrogen-bond acceptors (Lipinski definition) is 7. The van der Waals surface area contributed by atoms with E-state index < -0.39 is 0 Å². The van der Waals surface area contributed by atoms with E-state index in [0.29, 0.717) is 40.4 Å². The molecule has 0 saturated carbocycles. The second-order valence-corrected chi connectivity index (χ2v) is 8.49. The van der Waals surface area contributed by atoms with E-state index in [1.54, 1.807) is 31.1 Å². The zero-order valence-electron chi connectivity index (χ0n) is 19.6. The van der Waals surface area contributed by atoms with Crippen LogP contribution >= 0.6 is 0 Å². The molecule has 0 aromatic carbocycles. The van der Waals surface area contributed by atoms with Crippen molar-refractivity contribution in [3.63, 3.8) is 0 Å². The van der Waals surface area contributed by atoms with E-state index in [-0.39, 0.29) is 5.91 Å². The number of hydrogen-bond donors (Lipinski definition) is 3. The van der Waals surface area contributed by atoms with Crippen LogP contribution in [-0.4, -0.2) is 50.6 Å². The van der Waals surface area contributed by atoms with Gasteiger partial charge in [-0.2, -0.15) is 5.10 Å². The number of nitrogens with one attached hydrogen (secondary N) is 3. The van der Waals surface area contributed by atoms with Crippen molar-refractivity contribution >= 4 is 33.8 Å². The van der Waals surface area contributed by atoms with Gasteiger partial charge in [-0.25, -0.2) is 19.9 Å². The highest BCUT2D eigenvalue weighted by Crippen LogP contribution is 2.30. The van der Waals surface area contributed by atoms with Crippen molar-refractivity contribution in [1.29, 1.82) is 0 Å². The molecule has 6 rings (SSSR count). The maximum Gasteiger partial charge on any atom is 0.224 e. The summed E-state index contributed by atoms with van der Waals surface area (Å²) in [5, 5.41) is 11.1. The van der Waals surface area contributed by atoms with E-state index >= 15 is 0 Å². The van der Waals surface area contributed by atoms with Crippen LogP contribution in [0.4, 0.5) is 5.69 Å². The Hall–Kier alpha value is -4.93. The third-order valence-electron chi connectivity index (χ3n) is 5.83. The van der Waals surface area contributed by atoms with E-state index in [4.69, 9.17) is 4.98 Å². The highest BCUT2D eigenvalue weighted by atomic mass is 16.1. The van der Waals surface area contributed by atoms with Crippen LogP contribution < -0.4 is 5.32 Å². The number of aromatic nitrogens is 9.